The number of urea groups is 1. The largest absolute Gasteiger partial charge is 0.325 e. The number of amides is 3. The molecular formula is C20H27N5O2S. The van der Waals surface area contributed by atoms with Crippen molar-refractivity contribution in [1.82, 2.24) is 20.5 Å². The number of hydrogen-bond donors (Lipinski definition) is 3. The Labute approximate surface area is 169 Å². The third-order valence-electron chi connectivity index (χ3n) is 5.21. The summed E-state index contributed by atoms with van der Waals surface area (Å²) in [5, 5.41) is 12.7. The molecule has 0 atom stereocenters. The normalized spacial score (nSPS) is 14.2. The monoisotopic (exact) mass is 401 g/mol. The fourth-order valence-corrected chi connectivity index (χ4v) is 4.04. The Kier molecular flexibility index (Phi) is 7.08. The number of carbonyl (C=O) groups is 2. The molecule has 3 amide bonds. The van der Waals surface area contributed by atoms with Crippen LogP contribution in [-0.4, -0.2) is 32.9 Å². The SMILES string of the molecule is Cc1cccc(NC(=O)NC(=O)CSc2n[nH]c(CCC3CCCC3)n2)c1C. The standard InChI is InChI=1S/C20H27N5O2S/c1-13-6-5-9-16(14(13)2)21-19(27)23-18(26)12-28-20-22-17(24-25-20)11-10-15-7-3-4-8-15/h5-6,9,15H,3-4,7-8,10-12H2,1-2H3,(H,22,24,25)(H2,21,23,26,27). The summed E-state index contributed by atoms with van der Waals surface area (Å²) >= 11 is 1.22. The van der Waals surface area contributed by atoms with Gasteiger partial charge in [-0.25, -0.2) is 9.78 Å². The van der Waals surface area contributed by atoms with E-state index in [0.29, 0.717) is 10.8 Å². The molecule has 0 spiro atoms. The summed E-state index contributed by atoms with van der Waals surface area (Å²) in [4.78, 5) is 28.5. The minimum Gasteiger partial charge on any atom is -0.307 e. The predicted molar refractivity (Wildman–Crippen MR) is 110 cm³/mol. The number of carbonyl (C=O) groups excluding carboxylic acids is 2. The molecule has 0 aliphatic heterocycles. The number of rotatable bonds is 7. The predicted octanol–water partition coefficient (Wildman–Crippen LogP) is 3.98. The third kappa shape index (κ3) is 5.82. The van der Waals surface area contributed by atoms with Gasteiger partial charge in [0.2, 0.25) is 11.1 Å². The Morgan fingerprint density at radius 3 is 2.82 bits per heavy atom. The lowest BCUT2D eigenvalue weighted by Gasteiger charge is -2.10. The van der Waals surface area contributed by atoms with Gasteiger partial charge in [0, 0.05) is 12.1 Å². The molecule has 8 heteroatoms. The lowest BCUT2D eigenvalue weighted by Crippen LogP contribution is -2.35. The number of benzene rings is 1. The first-order valence-corrected chi connectivity index (χ1v) is 10.7. The number of hydrogen-bond acceptors (Lipinski definition) is 5. The van der Waals surface area contributed by atoms with Gasteiger partial charge in [-0.1, -0.05) is 49.6 Å². The molecule has 2 aromatic rings. The van der Waals surface area contributed by atoms with Gasteiger partial charge in [0.25, 0.3) is 0 Å². The molecule has 1 heterocycles. The van der Waals surface area contributed by atoms with Gasteiger partial charge in [-0.2, -0.15) is 0 Å². The van der Waals surface area contributed by atoms with Crippen molar-refractivity contribution < 1.29 is 9.59 Å². The number of anilines is 1. The second-order valence-corrected chi connectivity index (χ2v) is 8.23. The van der Waals surface area contributed by atoms with Crippen molar-refractivity contribution in [3.8, 4) is 0 Å². The highest BCUT2D eigenvalue weighted by Gasteiger charge is 2.16. The van der Waals surface area contributed by atoms with Crippen molar-refractivity contribution in [3.63, 3.8) is 0 Å². The highest BCUT2D eigenvalue weighted by Crippen LogP contribution is 2.28. The maximum Gasteiger partial charge on any atom is 0.325 e. The molecule has 150 valence electrons. The zero-order chi connectivity index (χ0) is 19.9. The minimum atomic E-state index is -0.536. The third-order valence-corrected chi connectivity index (χ3v) is 6.06. The summed E-state index contributed by atoms with van der Waals surface area (Å²) in [5.41, 5.74) is 2.75. The first-order chi connectivity index (χ1) is 13.5. The van der Waals surface area contributed by atoms with Gasteiger partial charge in [0.1, 0.15) is 5.82 Å². The van der Waals surface area contributed by atoms with Crippen LogP contribution >= 0.6 is 11.8 Å². The van der Waals surface area contributed by atoms with E-state index in [9.17, 15) is 9.59 Å². The molecule has 1 aromatic heterocycles. The number of imide groups is 1. The lowest BCUT2D eigenvalue weighted by atomic mass is 10.0. The van der Waals surface area contributed by atoms with Gasteiger partial charge in [-0.15, -0.1) is 5.10 Å². The van der Waals surface area contributed by atoms with E-state index in [1.807, 2.05) is 32.0 Å². The molecule has 7 nitrogen and oxygen atoms in total. The van der Waals surface area contributed by atoms with E-state index < -0.39 is 6.03 Å². The van der Waals surface area contributed by atoms with E-state index in [1.54, 1.807) is 0 Å². The van der Waals surface area contributed by atoms with Crippen molar-refractivity contribution in [2.75, 3.05) is 11.1 Å². The molecule has 0 bridgehead atoms. The average molecular weight is 402 g/mol. The van der Waals surface area contributed by atoms with Crippen molar-refractivity contribution in [2.24, 2.45) is 5.92 Å². The maximum atomic E-state index is 12.0. The van der Waals surface area contributed by atoms with Crippen LogP contribution < -0.4 is 10.6 Å². The zero-order valence-electron chi connectivity index (χ0n) is 16.4. The van der Waals surface area contributed by atoms with Gasteiger partial charge in [0.15, 0.2) is 0 Å². The van der Waals surface area contributed by atoms with E-state index in [2.05, 4.69) is 25.8 Å². The van der Waals surface area contributed by atoms with Gasteiger partial charge in [0.05, 0.1) is 5.75 Å². The average Bonchev–Trinajstić information content (AvgIpc) is 3.33. The summed E-state index contributed by atoms with van der Waals surface area (Å²) < 4.78 is 0. The maximum absolute atomic E-state index is 12.0. The van der Waals surface area contributed by atoms with Crippen LogP contribution in [0.5, 0.6) is 0 Å². The lowest BCUT2D eigenvalue weighted by molar-refractivity contribution is -0.117. The number of nitrogens with one attached hydrogen (secondary N) is 3. The van der Waals surface area contributed by atoms with Crippen LogP contribution in [0.4, 0.5) is 10.5 Å². The quantitative estimate of drug-likeness (QED) is 0.609. The molecule has 0 saturated heterocycles. The van der Waals surface area contributed by atoms with Crippen LogP contribution in [0.25, 0.3) is 0 Å². The van der Waals surface area contributed by atoms with Gasteiger partial charge < -0.3 is 5.32 Å². The van der Waals surface area contributed by atoms with Crippen LogP contribution in [0, 0.1) is 19.8 Å². The number of nitrogens with zero attached hydrogens (tertiary/aromatic N) is 2. The van der Waals surface area contributed by atoms with Crippen molar-refractivity contribution >= 4 is 29.4 Å². The molecule has 1 fully saturated rings. The number of H-pyrrole nitrogens is 1. The molecule has 1 aliphatic rings. The topological polar surface area (TPSA) is 99.8 Å². The Morgan fingerprint density at radius 2 is 2.04 bits per heavy atom. The number of aryl methyl sites for hydroxylation is 2. The molecule has 0 radical (unpaired) electrons. The highest BCUT2D eigenvalue weighted by molar-refractivity contribution is 7.99. The molecular weight excluding hydrogens is 374 g/mol. The van der Waals surface area contributed by atoms with Crippen LogP contribution in [-0.2, 0) is 11.2 Å². The molecule has 28 heavy (non-hydrogen) atoms. The summed E-state index contributed by atoms with van der Waals surface area (Å²) in [7, 11) is 0. The first kappa shape index (κ1) is 20.4. The zero-order valence-corrected chi connectivity index (χ0v) is 17.2. The molecule has 1 saturated carbocycles. The minimum absolute atomic E-state index is 0.0835. The molecule has 1 aliphatic carbocycles. The summed E-state index contributed by atoms with van der Waals surface area (Å²) in [6.45, 7) is 3.90. The second-order valence-electron chi connectivity index (χ2n) is 7.29. The number of thioether (sulfide) groups is 1. The molecule has 3 N–H and O–H groups in total. The summed E-state index contributed by atoms with van der Waals surface area (Å²) in [6.07, 6.45) is 7.35. The summed E-state index contributed by atoms with van der Waals surface area (Å²) in [5.74, 6) is 1.37. The fraction of sp³-hybridized carbons (Fsp3) is 0.500. The summed E-state index contributed by atoms with van der Waals surface area (Å²) in [6, 6.07) is 5.11. The number of aromatic nitrogens is 3. The fourth-order valence-electron chi connectivity index (χ4n) is 3.43. The Bertz CT molecular complexity index is 830. The molecule has 1 aromatic carbocycles. The molecule has 0 unspecified atom stereocenters. The van der Waals surface area contributed by atoms with Crippen LogP contribution in [0.1, 0.15) is 49.1 Å². The van der Waals surface area contributed by atoms with Gasteiger partial charge in [-0.3, -0.25) is 15.2 Å². The van der Waals surface area contributed by atoms with E-state index in [-0.39, 0.29) is 11.7 Å². The van der Waals surface area contributed by atoms with Crippen molar-refractivity contribution in [3.05, 3.63) is 35.2 Å². The van der Waals surface area contributed by atoms with Crippen LogP contribution in [0.15, 0.2) is 23.4 Å². The van der Waals surface area contributed by atoms with E-state index in [1.165, 1.54) is 37.4 Å². The Balaban J connectivity index is 1.40. The van der Waals surface area contributed by atoms with E-state index >= 15 is 0 Å². The Hall–Kier alpha value is -2.35. The van der Waals surface area contributed by atoms with Crippen molar-refractivity contribution in [2.45, 2.75) is 57.5 Å². The highest BCUT2D eigenvalue weighted by atomic mass is 32.2. The number of aromatic amines is 1. The smallest absolute Gasteiger partial charge is 0.307 e. The van der Waals surface area contributed by atoms with Gasteiger partial charge >= 0.3 is 6.03 Å². The van der Waals surface area contributed by atoms with E-state index in [4.69, 9.17) is 0 Å². The Morgan fingerprint density at radius 1 is 1.25 bits per heavy atom. The van der Waals surface area contributed by atoms with Crippen LogP contribution in [0.2, 0.25) is 0 Å². The first-order valence-electron chi connectivity index (χ1n) is 9.72. The second kappa shape index (κ2) is 9.73. The van der Waals surface area contributed by atoms with Crippen LogP contribution in [0.3, 0.4) is 0 Å². The van der Waals surface area contributed by atoms with Gasteiger partial charge in [-0.05, 0) is 43.4 Å². The molecule has 3 rings (SSSR count). The van der Waals surface area contributed by atoms with E-state index in [0.717, 1.165) is 35.7 Å². The van der Waals surface area contributed by atoms with Crippen molar-refractivity contribution in [1.29, 1.82) is 0 Å².